The summed E-state index contributed by atoms with van der Waals surface area (Å²) in [5, 5.41) is 10.6. The zero-order valence-corrected chi connectivity index (χ0v) is 21.9. The third-order valence-corrected chi connectivity index (χ3v) is 8.36. The number of hydrogen-bond acceptors (Lipinski definition) is 4. The van der Waals surface area contributed by atoms with Crippen molar-refractivity contribution >= 4 is 22.4 Å². The van der Waals surface area contributed by atoms with Crippen LogP contribution in [0.3, 0.4) is 0 Å². The van der Waals surface area contributed by atoms with Crippen molar-refractivity contribution in [1.82, 2.24) is 20.0 Å². The smallest absolute Gasteiger partial charge is 0.251 e. The van der Waals surface area contributed by atoms with E-state index in [0.717, 1.165) is 36.5 Å². The van der Waals surface area contributed by atoms with E-state index >= 15 is 0 Å². The standard InChI is InChI=1S/C31H35N5O/c1-34(2)26-12-10-22(11-13-26)31(37)32-19-27-17-24-14-15-36(27)20-28(24)30-18-29(33-35(30)3)25-9-8-21-6-4-5-7-23(21)16-25/h4-13,16,18,24,27-28H,14-15,17,19-20H2,1-3H3,(H,32,37). The Labute approximate surface area is 218 Å². The second-order valence-electron chi connectivity index (χ2n) is 10.8. The average Bonchev–Trinajstić information content (AvgIpc) is 3.33. The van der Waals surface area contributed by atoms with Crippen LogP contribution in [-0.2, 0) is 7.05 Å². The Morgan fingerprint density at radius 2 is 1.81 bits per heavy atom. The number of hydrogen-bond donors (Lipinski definition) is 1. The van der Waals surface area contributed by atoms with Gasteiger partial charge in [0.25, 0.3) is 5.91 Å². The van der Waals surface area contributed by atoms with Crippen LogP contribution < -0.4 is 10.2 Å². The Morgan fingerprint density at radius 3 is 2.54 bits per heavy atom. The molecule has 3 fully saturated rings. The molecule has 4 heterocycles. The number of carbonyl (C=O) groups is 1. The zero-order valence-electron chi connectivity index (χ0n) is 21.9. The molecule has 1 N–H and O–H groups in total. The molecule has 190 valence electrons. The Kier molecular flexibility index (Phi) is 6.21. The van der Waals surface area contributed by atoms with Crippen molar-refractivity contribution < 1.29 is 4.79 Å². The summed E-state index contributed by atoms with van der Waals surface area (Å²) in [5.74, 6) is 1.10. The Morgan fingerprint density at radius 1 is 1.03 bits per heavy atom. The van der Waals surface area contributed by atoms with Crippen molar-refractivity contribution in [3.8, 4) is 11.3 Å². The van der Waals surface area contributed by atoms with Crippen LogP contribution in [0, 0.1) is 5.92 Å². The van der Waals surface area contributed by atoms with Gasteiger partial charge in [-0.1, -0.05) is 36.4 Å². The molecule has 0 saturated carbocycles. The third-order valence-electron chi connectivity index (χ3n) is 8.36. The number of aromatic nitrogens is 2. The molecule has 4 atom stereocenters. The fourth-order valence-electron chi connectivity index (χ4n) is 6.23. The van der Waals surface area contributed by atoms with Crippen LogP contribution in [0.5, 0.6) is 0 Å². The van der Waals surface area contributed by atoms with Crippen LogP contribution in [0.2, 0.25) is 0 Å². The lowest BCUT2D eigenvalue weighted by Gasteiger charge is -2.50. The predicted octanol–water partition coefficient (Wildman–Crippen LogP) is 4.91. The molecule has 3 aliphatic rings. The fraction of sp³-hybridized carbons (Fsp3) is 0.355. The summed E-state index contributed by atoms with van der Waals surface area (Å²) < 4.78 is 2.09. The molecule has 6 nitrogen and oxygen atoms in total. The molecule has 7 rings (SSSR count). The second kappa shape index (κ2) is 9.67. The first-order valence-electron chi connectivity index (χ1n) is 13.3. The summed E-state index contributed by atoms with van der Waals surface area (Å²) in [7, 11) is 6.09. The van der Waals surface area contributed by atoms with Gasteiger partial charge in [0.15, 0.2) is 0 Å². The first-order valence-corrected chi connectivity index (χ1v) is 13.3. The van der Waals surface area contributed by atoms with Crippen LogP contribution in [0.4, 0.5) is 5.69 Å². The summed E-state index contributed by atoms with van der Waals surface area (Å²) in [6, 6.07) is 25.6. The summed E-state index contributed by atoms with van der Waals surface area (Å²) in [6.45, 7) is 2.83. The van der Waals surface area contributed by atoms with Crippen molar-refractivity contribution in [2.75, 3.05) is 38.6 Å². The summed E-state index contributed by atoms with van der Waals surface area (Å²) in [4.78, 5) is 17.4. The number of nitrogens with zero attached hydrogens (tertiary/aromatic N) is 4. The van der Waals surface area contributed by atoms with Crippen molar-refractivity contribution in [3.63, 3.8) is 0 Å². The molecule has 4 unspecified atom stereocenters. The number of amides is 1. The van der Waals surface area contributed by atoms with Crippen molar-refractivity contribution in [3.05, 3.63) is 84.1 Å². The maximum atomic E-state index is 12.8. The molecular weight excluding hydrogens is 458 g/mol. The SMILES string of the molecule is CN(C)c1ccc(C(=O)NCC2CC3CCN2CC3c2cc(-c3ccc4ccccc4c3)nn2C)cc1. The van der Waals surface area contributed by atoms with Gasteiger partial charge in [-0.05, 0) is 72.5 Å². The van der Waals surface area contributed by atoms with E-state index < -0.39 is 0 Å². The lowest BCUT2D eigenvalue weighted by Crippen LogP contribution is -2.56. The Bertz CT molecular complexity index is 1420. The molecule has 4 aromatic rings. The largest absolute Gasteiger partial charge is 0.378 e. The molecule has 1 amide bonds. The average molecular weight is 494 g/mol. The predicted molar refractivity (Wildman–Crippen MR) is 150 cm³/mol. The molecule has 6 heteroatoms. The normalized spacial score (nSPS) is 22.8. The van der Waals surface area contributed by atoms with Gasteiger partial charge in [0.2, 0.25) is 0 Å². The Balaban J connectivity index is 1.12. The van der Waals surface area contributed by atoms with E-state index in [0.29, 0.717) is 24.4 Å². The highest BCUT2D eigenvalue weighted by Crippen LogP contribution is 2.42. The zero-order chi connectivity index (χ0) is 25.5. The highest BCUT2D eigenvalue weighted by atomic mass is 16.1. The van der Waals surface area contributed by atoms with Gasteiger partial charge in [0, 0.05) is 68.7 Å². The van der Waals surface area contributed by atoms with E-state index in [1.54, 1.807) is 0 Å². The monoisotopic (exact) mass is 493 g/mol. The number of carbonyl (C=O) groups excluding carboxylic acids is 1. The molecular formula is C31H35N5O. The molecule has 2 bridgehead atoms. The van der Waals surface area contributed by atoms with Gasteiger partial charge in [0.05, 0.1) is 5.69 Å². The molecule has 3 saturated heterocycles. The number of aryl methyl sites for hydroxylation is 1. The summed E-state index contributed by atoms with van der Waals surface area (Å²) in [6.07, 6.45) is 2.32. The van der Waals surface area contributed by atoms with E-state index in [1.807, 2.05) is 43.3 Å². The summed E-state index contributed by atoms with van der Waals surface area (Å²) >= 11 is 0. The molecule has 37 heavy (non-hydrogen) atoms. The number of fused-ring (bicyclic) bond motifs is 4. The van der Waals surface area contributed by atoms with E-state index in [4.69, 9.17) is 5.10 Å². The van der Waals surface area contributed by atoms with E-state index in [9.17, 15) is 4.79 Å². The maximum absolute atomic E-state index is 12.8. The van der Waals surface area contributed by atoms with Crippen molar-refractivity contribution in [1.29, 1.82) is 0 Å². The maximum Gasteiger partial charge on any atom is 0.251 e. The topological polar surface area (TPSA) is 53.4 Å². The minimum atomic E-state index is 0.0103. The van der Waals surface area contributed by atoms with Crippen molar-refractivity contribution in [2.24, 2.45) is 13.0 Å². The van der Waals surface area contributed by atoms with Crippen LogP contribution >= 0.6 is 0 Å². The first kappa shape index (κ1) is 23.7. The van der Waals surface area contributed by atoms with Gasteiger partial charge in [-0.3, -0.25) is 14.4 Å². The number of rotatable bonds is 6. The second-order valence-corrected chi connectivity index (χ2v) is 10.8. The molecule has 0 spiro atoms. The lowest BCUT2D eigenvalue weighted by molar-refractivity contribution is 0.0280. The van der Waals surface area contributed by atoms with Crippen LogP contribution in [-0.4, -0.2) is 60.4 Å². The van der Waals surface area contributed by atoms with Crippen molar-refractivity contribution in [2.45, 2.75) is 24.8 Å². The number of benzene rings is 3. The number of anilines is 1. The fourth-order valence-corrected chi connectivity index (χ4v) is 6.23. The van der Waals surface area contributed by atoms with Gasteiger partial charge < -0.3 is 10.2 Å². The van der Waals surface area contributed by atoms with Crippen LogP contribution in [0.15, 0.2) is 72.8 Å². The molecule has 0 aliphatic carbocycles. The lowest BCUT2D eigenvalue weighted by atomic mass is 9.74. The van der Waals surface area contributed by atoms with Gasteiger partial charge in [-0.25, -0.2) is 0 Å². The molecule has 1 aromatic heterocycles. The number of piperidine rings is 3. The first-order chi connectivity index (χ1) is 18.0. The molecule has 0 radical (unpaired) electrons. The minimum absolute atomic E-state index is 0.0103. The van der Waals surface area contributed by atoms with Gasteiger partial charge in [-0.15, -0.1) is 0 Å². The summed E-state index contributed by atoms with van der Waals surface area (Å²) in [5.41, 5.74) is 5.35. The third kappa shape index (κ3) is 4.62. The quantitative estimate of drug-likeness (QED) is 0.415. The van der Waals surface area contributed by atoms with E-state index in [1.165, 1.54) is 28.5 Å². The molecule has 3 aliphatic heterocycles. The van der Waals surface area contributed by atoms with Gasteiger partial charge in [-0.2, -0.15) is 5.10 Å². The van der Waals surface area contributed by atoms with Gasteiger partial charge >= 0.3 is 0 Å². The van der Waals surface area contributed by atoms with Gasteiger partial charge in [0.1, 0.15) is 0 Å². The highest BCUT2D eigenvalue weighted by Gasteiger charge is 2.41. The highest BCUT2D eigenvalue weighted by molar-refractivity contribution is 5.94. The number of nitrogens with one attached hydrogen (secondary N) is 1. The van der Waals surface area contributed by atoms with E-state index in [-0.39, 0.29) is 5.91 Å². The Hall–Kier alpha value is -3.64. The minimum Gasteiger partial charge on any atom is -0.378 e. The van der Waals surface area contributed by atoms with Crippen LogP contribution in [0.25, 0.3) is 22.0 Å². The van der Waals surface area contributed by atoms with Crippen LogP contribution in [0.1, 0.15) is 34.8 Å². The molecule has 3 aromatic carbocycles. The van der Waals surface area contributed by atoms with E-state index in [2.05, 4.69) is 70.5 Å².